The first-order chi connectivity index (χ1) is 24.8. The molecule has 2 N–H and O–H groups in total. The zero-order valence-electron chi connectivity index (χ0n) is 31.4. The van der Waals surface area contributed by atoms with Crippen LogP contribution in [0, 0.1) is 27.7 Å². The van der Waals surface area contributed by atoms with Gasteiger partial charge in [-0.1, -0.05) is 84.0 Å². The number of aromatic nitrogens is 3. The zero-order chi connectivity index (χ0) is 39.9. The number of fused-ring (bicyclic) bond motifs is 1. The Labute approximate surface area is 308 Å². The third-order valence-electron chi connectivity index (χ3n) is 6.13. The van der Waals surface area contributed by atoms with Crippen LogP contribution < -0.4 is 5.32 Å². The fraction of sp³-hybridized carbons (Fsp3) is 0.306. The Hall–Kier alpha value is -5.32. The Bertz CT molecular complexity index is 2090. The van der Waals surface area contributed by atoms with Gasteiger partial charge < -0.3 is 5.32 Å². The van der Waals surface area contributed by atoms with E-state index in [-0.39, 0.29) is 10.6 Å². The van der Waals surface area contributed by atoms with Gasteiger partial charge in [0.15, 0.2) is 0 Å². The summed E-state index contributed by atoms with van der Waals surface area (Å²) in [4.78, 5) is 11.8. The Morgan fingerprint density at radius 2 is 1.08 bits per heavy atom. The number of rotatable bonds is 6. The minimum Gasteiger partial charge on any atom is -0.357 e. The summed E-state index contributed by atoms with van der Waals surface area (Å²) >= 11 is 0. The third-order valence-corrected chi connectivity index (χ3v) is 7.00. The number of anilines is 1. The SMILES string of the molecule is CC.CC.CC.CNc1nc(C)nc(C)n1.Cc1c(N=Nc2ccccc2)ccc2cc(S(=O)(=O)O)c(N=Nc3ccccc3)c(C)c12.O=S(=O)=O. The van der Waals surface area contributed by atoms with Gasteiger partial charge >= 0.3 is 10.6 Å². The van der Waals surface area contributed by atoms with Crippen LogP contribution in [-0.4, -0.2) is 47.6 Å². The molecule has 0 radical (unpaired) electrons. The topological polar surface area (TPSA) is 206 Å². The summed E-state index contributed by atoms with van der Waals surface area (Å²) in [5.41, 5.74) is 3.42. The average molecular weight is 753 g/mol. The van der Waals surface area contributed by atoms with Crippen LogP contribution >= 0.6 is 0 Å². The van der Waals surface area contributed by atoms with E-state index in [1.54, 1.807) is 50.4 Å². The summed E-state index contributed by atoms with van der Waals surface area (Å²) in [5, 5.41) is 21.3. The molecule has 0 saturated heterocycles. The van der Waals surface area contributed by atoms with Gasteiger partial charge in [-0.3, -0.25) is 4.55 Å². The molecule has 1 aromatic heterocycles. The summed E-state index contributed by atoms with van der Waals surface area (Å²) in [6.45, 7) is 19.3. The first-order valence-electron chi connectivity index (χ1n) is 16.4. The molecule has 1 heterocycles. The number of azo groups is 2. The predicted octanol–water partition coefficient (Wildman–Crippen LogP) is 10.1. The third kappa shape index (κ3) is 15.7. The Balaban J connectivity index is 0.00000108. The standard InChI is InChI=1S/C24H20N4O3S.C6H10N4.3C2H6.O3S/c1-16-21(27-25-19-9-5-3-6-10-19)14-13-18-15-22(32(29,30)31)24(17(2)23(16)18)28-26-20-11-7-4-8-12-20;1-4-8-5(2)10-6(7-3)9-4;3*1-2;1-4(2)3/h3-15H,1-2H3,(H,29,30,31);1-3H3,(H,7,8,9,10);3*1-2H3;. The maximum absolute atomic E-state index is 12.1. The van der Waals surface area contributed by atoms with E-state index in [4.69, 9.17) is 12.6 Å². The maximum Gasteiger partial charge on any atom is 0.425 e. The molecule has 0 unspecified atom stereocenters. The van der Waals surface area contributed by atoms with Crippen molar-refractivity contribution in [2.24, 2.45) is 20.5 Å². The number of nitrogens with one attached hydrogen (secondary N) is 1. The van der Waals surface area contributed by atoms with E-state index >= 15 is 0 Å². The van der Waals surface area contributed by atoms with Crippen molar-refractivity contribution in [2.45, 2.75) is 74.1 Å². The molecule has 0 aliphatic rings. The molecule has 14 nitrogen and oxygen atoms in total. The smallest absolute Gasteiger partial charge is 0.357 e. The molecule has 0 spiro atoms. The second-order valence-corrected chi connectivity index (χ2v) is 11.2. The van der Waals surface area contributed by atoms with Crippen LogP contribution in [0.15, 0.2) is 104 Å². The monoisotopic (exact) mass is 752 g/mol. The second kappa shape index (κ2) is 24.8. The van der Waals surface area contributed by atoms with Crippen molar-refractivity contribution in [2.75, 3.05) is 12.4 Å². The number of hydrogen-bond donors (Lipinski definition) is 2. The molecule has 5 rings (SSSR count). The summed E-state index contributed by atoms with van der Waals surface area (Å²) in [6.07, 6.45) is 0. The molecule has 5 aromatic rings. The van der Waals surface area contributed by atoms with E-state index in [1.807, 2.05) is 98.7 Å². The molecule has 52 heavy (non-hydrogen) atoms. The van der Waals surface area contributed by atoms with Gasteiger partial charge in [-0.05, 0) is 86.0 Å². The van der Waals surface area contributed by atoms with Crippen LogP contribution in [-0.2, 0) is 20.7 Å². The molecular weight excluding hydrogens is 705 g/mol. The maximum atomic E-state index is 12.1. The van der Waals surface area contributed by atoms with Crippen molar-refractivity contribution in [3.63, 3.8) is 0 Å². The molecular formula is C36H48N8O6S2. The lowest BCUT2D eigenvalue weighted by Gasteiger charge is -2.13. The average Bonchev–Trinajstić information content (AvgIpc) is 3.13. The normalized spacial score (nSPS) is 10.2. The van der Waals surface area contributed by atoms with Crippen LogP contribution in [0.5, 0.6) is 0 Å². The van der Waals surface area contributed by atoms with Crippen molar-refractivity contribution < 1.29 is 25.6 Å². The van der Waals surface area contributed by atoms with E-state index in [0.717, 1.165) is 28.3 Å². The fourth-order valence-corrected chi connectivity index (χ4v) is 4.93. The van der Waals surface area contributed by atoms with Gasteiger partial charge in [-0.15, -0.1) is 17.7 Å². The Kier molecular flexibility index (Phi) is 22.2. The summed E-state index contributed by atoms with van der Waals surface area (Å²) in [5.74, 6) is 2.12. The number of nitrogens with zero attached hydrogens (tertiary/aromatic N) is 7. The summed E-state index contributed by atoms with van der Waals surface area (Å²) < 4.78 is 59.3. The minimum absolute atomic E-state index is 0.0871. The quantitative estimate of drug-likeness (QED) is 0.124. The van der Waals surface area contributed by atoms with E-state index in [0.29, 0.717) is 28.3 Å². The summed E-state index contributed by atoms with van der Waals surface area (Å²) in [7, 11) is -5.84. The van der Waals surface area contributed by atoms with Crippen molar-refractivity contribution in [3.05, 3.63) is 102 Å². The molecule has 0 fully saturated rings. The summed E-state index contributed by atoms with van der Waals surface area (Å²) in [6, 6.07) is 23.3. The highest BCUT2D eigenvalue weighted by atomic mass is 32.2. The van der Waals surface area contributed by atoms with Gasteiger partial charge in [-0.25, -0.2) is 4.98 Å². The van der Waals surface area contributed by atoms with Crippen molar-refractivity contribution in [3.8, 4) is 0 Å². The molecule has 0 aliphatic carbocycles. The minimum atomic E-state index is -4.52. The van der Waals surface area contributed by atoms with Crippen LogP contribution in [0.25, 0.3) is 10.8 Å². The Morgan fingerprint density at radius 1 is 0.635 bits per heavy atom. The first kappa shape index (κ1) is 46.7. The van der Waals surface area contributed by atoms with Gasteiger partial charge in [0.05, 0.1) is 17.1 Å². The Morgan fingerprint density at radius 3 is 1.50 bits per heavy atom. The second-order valence-electron chi connectivity index (χ2n) is 9.41. The predicted molar refractivity (Wildman–Crippen MR) is 207 cm³/mol. The lowest BCUT2D eigenvalue weighted by atomic mass is 9.98. The molecule has 280 valence electrons. The van der Waals surface area contributed by atoms with Crippen molar-refractivity contribution >= 4 is 60.2 Å². The molecule has 16 heteroatoms. The van der Waals surface area contributed by atoms with Crippen molar-refractivity contribution in [1.82, 2.24) is 15.0 Å². The molecule has 0 atom stereocenters. The number of aryl methyl sites for hydroxylation is 4. The van der Waals surface area contributed by atoms with Gasteiger partial charge in [0.25, 0.3) is 10.1 Å². The zero-order valence-corrected chi connectivity index (χ0v) is 33.1. The molecule has 0 saturated carbocycles. The van der Waals surface area contributed by atoms with Crippen LogP contribution in [0.2, 0.25) is 0 Å². The van der Waals surface area contributed by atoms with Crippen LogP contribution in [0.3, 0.4) is 0 Å². The van der Waals surface area contributed by atoms with E-state index in [2.05, 4.69) is 40.7 Å². The van der Waals surface area contributed by atoms with E-state index in [1.165, 1.54) is 6.07 Å². The first-order valence-corrected chi connectivity index (χ1v) is 18.9. The van der Waals surface area contributed by atoms with Gasteiger partial charge in [-0.2, -0.15) is 33.7 Å². The van der Waals surface area contributed by atoms with Crippen LogP contribution in [0.4, 0.5) is 28.7 Å². The lowest BCUT2D eigenvalue weighted by molar-refractivity contribution is 0.483. The lowest BCUT2D eigenvalue weighted by Crippen LogP contribution is -2.01. The molecule has 4 aromatic carbocycles. The van der Waals surface area contributed by atoms with Gasteiger partial charge in [0.2, 0.25) is 5.95 Å². The van der Waals surface area contributed by atoms with E-state index < -0.39 is 20.7 Å². The number of hydrogen-bond acceptors (Lipinski definition) is 13. The van der Waals surface area contributed by atoms with Gasteiger partial charge in [0.1, 0.15) is 22.2 Å². The molecule has 0 bridgehead atoms. The van der Waals surface area contributed by atoms with Crippen LogP contribution in [0.1, 0.15) is 64.3 Å². The van der Waals surface area contributed by atoms with E-state index in [9.17, 15) is 13.0 Å². The van der Waals surface area contributed by atoms with Gasteiger partial charge in [0, 0.05) is 7.05 Å². The molecule has 0 amide bonds. The fourth-order valence-electron chi connectivity index (χ4n) is 4.22. The molecule has 0 aliphatic heterocycles. The highest BCUT2D eigenvalue weighted by molar-refractivity contribution is 7.86. The van der Waals surface area contributed by atoms with Crippen molar-refractivity contribution in [1.29, 1.82) is 0 Å². The highest BCUT2D eigenvalue weighted by Gasteiger charge is 2.21. The largest absolute Gasteiger partial charge is 0.425 e. The number of benzene rings is 4. The highest BCUT2D eigenvalue weighted by Crippen LogP contribution is 2.39.